The van der Waals surface area contributed by atoms with Gasteiger partial charge in [0.15, 0.2) is 0 Å². The van der Waals surface area contributed by atoms with Gasteiger partial charge in [-0.15, -0.1) is 0 Å². The molecule has 1 saturated carbocycles. The Morgan fingerprint density at radius 3 is 1.76 bits per heavy atom. The highest BCUT2D eigenvalue weighted by atomic mass is 16.5. The fourth-order valence-electron chi connectivity index (χ4n) is 10.2. The number of benzene rings is 3. The Kier molecular flexibility index (Phi) is 11.3. The molecule has 4 N–H and O–H groups in total. The summed E-state index contributed by atoms with van der Waals surface area (Å²) >= 11 is 0. The van der Waals surface area contributed by atoms with Crippen LogP contribution in [0.15, 0.2) is 60.8 Å². The van der Waals surface area contributed by atoms with Crippen molar-refractivity contribution in [1.82, 2.24) is 40.4 Å². The second kappa shape index (κ2) is 16.8. The van der Waals surface area contributed by atoms with E-state index < -0.39 is 24.3 Å². The monoisotopic (exact) mass is 854 g/mol. The summed E-state index contributed by atoms with van der Waals surface area (Å²) < 4.78 is 9.61. The fourth-order valence-corrected chi connectivity index (χ4v) is 10.2. The molecule has 2 aliphatic carbocycles. The zero-order valence-corrected chi connectivity index (χ0v) is 37.0. The van der Waals surface area contributed by atoms with Gasteiger partial charge in [0, 0.05) is 13.1 Å². The zero-order valence-electron chi connectivity index (χ0n) is 37.0. The van der Waals surface area contributed by atoms with E-state index in [1.54, 1.807) is 0 Å². The Hall–Kier alpha value is -6.18. The van der Waals surface area contributed by atoms with Gasteiger partial charge >= 0.3 is 12.2 Å². The molecule has 4 unspecified atom stereocenters. The van der Waals surface area contributed by atoms with Crippen molar-refractivity contribution in [1.29, 1.82) is 0 Å². The summed E-state index contributed by atoms with van der Waals surface area (Å²) in [5.74, 6) is 1.05. The van der Waals surface area contributed by atoms with Gasteiger partial charge in [-0.25, -0.2) is 19.6 Å². The first-order chi connectivity index (χ1) is 30.4. The van der Waals surface area contributed by atoms with Gasteiger partial charge in [0.05, 0.1) is 49.2 Å². The number of imidazole rings is 2. The maximum Gasteiger partial charge on any atom is 0.407 e. The topological polar surface area (TPSA) is 175 Å². The van der Waals surface area contributed by atoms with Gasteiger partial charge < -0.3 is 39.9 Å². The highest BCUT2D eigenvalue weighted by Gasteiger charge is 2.48. The minimum atomic E-state index is -0.687. The number of carbonyl (C=O) groups excluding carboxylic acids is 4. The Balaban J connectivity index is 0.944. The second-order valence-corrected chi connectivity index (χ2v) is 18.7. The average molecular weight is 855 g/mol. The number of fused-ring (bicyclic) bond motifs is 2. The lowest BCUT2D eigenvalue weighted by Gasteiger charge is -2.30. The summed E-state index contributed by atoms with van der Waals surface area (Å²) in [6.07, 6.45) is 8.55. The number of hydrogen-bond donors (Lipinski definition) is 4. The van der Waals surface area contributed by atoms with Gasteiger partial charge in [0.2, 0.25) is 11.8 Å². The number of aromatic amines is 2. The lowest BCUT2D eigenvalue weighted by Crippen LogP contribution is -2.51. The summed E-state index contributed by atoms with van der Waals surface area (Å²) in [4.78, 5) is 72.1. The summed E-state index contributed by atoms with van der Waals surface area (Å²) in [5.41, 5.74) is 11.8. The van der Waals surface area contributed by atoms with E-state index in [2.05, 4.69) is 75.2 Å². The summed E-state index contributed by atoms with van der Waals surface area (Å²) in [6.45, 7) is 8.88. The molecule has 3 aromatic carbocycles. The van der Waals surface area contributed by atoms with Crippen LogP contribution in [0.3, 0.4) is 0 Å². The number of H-pyrrole nitrogens is 2. The molecule has 14 heteroatoms. The van der Waals surface area contributed by atoms with Crippen LogP contribution in [0.1, 0.15) is 101 Å². The molecule has 5 aromatic rings. The number of carbonyl (C=O) groups is 4. The molecule has 4 aliphatic rings. The highest BCUT2D eigenvalue weighted by molar-refractivity contribution is 5.88. The van der Waals surface area contributed by atoms with Gasteiger partial charge in [-0.2, -0.15) is 0 Å². The number of ether oxygens (including phenoxy) is 2. The van der Waals surface area contributed by atoms with E-state index in [4.69, 9.17) is 19.4 Å². The number of hydrogen-bond acceptors (Lipinski definition) is 8. The third-order valence-electron chi connectivity index (χ3n) is 13.9. The van der Waals surface area contributed by atoms with Crippen LogP contribution in [-0.4, -0.2) is 93.1 Å². The summed E-state index contributed by atoms with van der Waals surface area (Å²) in [7, 11) is 2.61. The van der Waals surface area contributed by atoms with E-state index in [1.807, 2.05) is 43.7 Å². The third kappa shape index (κ3) is 8.04. The molecule has 4 amide bonds. The van der Waals surface area contributed by atoms with Crippen LogP contribution < -0.4 is 10.6 Å². The first-order valence-electron chi connectivity index (χ1n) is 22.5. The summed E-state index contributed by atoms with van der Waals surface area (Å²) in [6, 6.07) is 17.9. The van der Waals surface area contributed by atoms with Crippen molar-refractivity contribution < 1.29 is 28.7 Å². The quantitative estimate of drug-likeness (QED) is 0.103. The van der Waals surface area contributed by atoms with E-state index in [0.717, 1.165) is 78.0 Å². The predicted octanol–water partition coefficient (Wildman–Crippen LogP) is 8.25. The van der Waals surface area contributed by atoms with Crippen LogP contribution >= 0.6 is 0 Å². The standard InChI is InChI=1S/C49H58N8O6/c1-27(2)41(54-47(60)62-5)45(58)56-21-7-9-39(56)43-50-26-38(53-43)30-13-11-29(12-14-30)32-16-17-33(35-25-49(19-20-49)24-34(32)35)31-15-18-36-37(23-31)52-44(51-36)40-10-8-22-57(40)46(59)42(28(3)4)55-48(61)63-6/h11-18,23,26-28,39-42H,7-10,19-22,24-25H2,1-6H3,(H,50,53)(H,51,52)(H,54,60)(H,55,61). The van der Waals surface area contributed by atoms with E-state index in [9.17, 15) is 19.2 Å². The number of nitrogens with one attached hydrogen (secondary N) is 4. The number of methoxy groups -OCH3 is 2. The zero-order chi connectivity index (χ0) is 44.2. The number of aromatic nitrogens is 4. The van der Waals surface area contributed by atoms with Gasteiger partial charge in [0.1, 0.15) is 23.7 Å². The van der Waals surface area contributed by atoms with Crippen molar-refractivity contribution in [3.05, 3.63) is 83.6 Å². The van der Waals surface area contributed by atoms with Crippen LogP contribution in [0.2, 0.25) is 0 Å². The SMILES string of the molecule is COC(=O)NC(C(=O)N1CCCC1c1ncc(-c2ccc(-c3ccc(-c4ccc5nc(C6CCCN6C(=O)C(NC(=O)OC)C(C)C)[nH]c5c4)c4c3CC3(CC3)C4)cc2)[nH]1)C(C)C. The molecule has 63 heavy (non-hydrogen) atoms. The van der Waals surface area contributed by atoms with E-state index in [0.29, 0.717) is 18.5 Å². The van der Waals surface area contributed by atoms with Crippen LogP contribution in [0, 0.1) is 17.3 Å². The van der Waals surface area contributed by atoms with Crippen LogP contribution in [0.4, 0.5) is 9.59 Å². The molecule has 4 atom stereocenters. The summed E-state index contributed by atoms with van der Waals surface area (Å²) in [5, 5.41) is 5.46. The highest BCUT2D eigenvalue weighted by Crippen LogP contribution is 2.58. The number of amides is 4. The van der Waals surface area contributed by atoms with Gasteiger partial charge in [-0.3, -0.25) is 9.59 Å². The number of rotatable bonds is 11. The molecule has 1 spiro atoms. The molecule has 0 radical (unpaired) electrons. The van der Waals surface area contributed by atoms with Crippen LogP contribution in [-0.2, 0) is 31.9 Å². The molecular weight excluding hydrogens is 797 g/mol. The fraction of sp³-hybridized carbons (Fsp3) is 0.469. The Morgan fingerprint density at radius 2 is 1.22 bits per heavy atom. The van der Waals surface area contributed by atoms with Crippen LogP contribution in [0.25, 0.3) is 44.5 Å². The first kappa shape index (κ1) is 42.1. The Bertz CT molecular complexity index is 2560. The minimum absolute atomic E-state index is 0.103. The van der Waals surface area contributed by atoms with E-state index in [-0.39, 0.29) is 35.7 Å². The van der Waals surface area contributed by atoms with Crippen molar-refractivity contribution >= 4 is 35.0 Å². The smallest absolute Gasteiger partial charge is 0.407 e. The Labute approximate surface area is 367 Å². The molecule has 0 bridgehead atoms. The molecular formula is C49H58N8O6. The first-order valence-corrected chi connectivity index (χ1v) is 22.5. The van der Waals surface area contributed by atoms with Crippen molar-refractivity contribution in [2.75, 3.05) is 27.3 Å². The molecule has 3 fully saturated rings. The van der Waals surface area contributed by atoms with Crippen LogP contribution in [0.5, 0.6) is 0 Å². The maximum atomic E-state index is 13.8. The molecule has 4 heterocycles. The maximum absolute atomic E-state index is 13.8. The van der Waals surface area contributed by atoms with Gasteiger partial charge in [-0.05, 0) is 120 Å². The Morgan fingerprint density at radius 1 is 0.698 bits per heavy atom. The lowest BCUT2D eigenvalue weighted by molar-refractivity contribution is -0.136. The molecule has 9 rings (SSSR count). The van der Waals surface area contributed by atoms with Gasteiger partial charge in [-0.1, -0.05) is 70.2 Å². The van der Waals surface area contributed by atoms with Crippen molar-refractivity contribution in [2.45, 2.75) is 103 Å². The van der Waals surface area contributed by atoms with Crippen molar-refractivity contribution in [3.63, 3.8) is 0 Å². The van der Waals surface area contributed by atoms with Crippen molar-refractivity contribution in [3.8, 4) is 33.5 Å². The van der Waals surface area contributed by atoms with E-state index >= 15 is 0 Å². The molecule has 330 valence electrons. The van der Waals surface area contributed by atoms with Crippen molar-refractivity contribution in [2.24, 2.45) is 17.3 Å². The third-order valence-corrected chi connectivity index (χ3v) is 13.9. The second-order valence-electron chi connectivity index (χ2n) is 18.7. The molecule has 2 aliphatic heterocycles. The molecule has 2 saturated heterocycles. The lowest BCUT2D eigenvalue weighted by atomic mass is 9.90. The molecule has 2 aromatic heterocycles. The number of nitrogens with zero attached hydrogens (tertiary/aromatic N) is 4. The number of likely N-dealkylation sites (tertiary alicyclic amines) is 2. The largest absolute Gasteiger partial charge is 0.453 e. The minimum Gasteiger partial charge on any atom is -0.453 e. The van der Waals surface area contributed by atoms with E-state index in [1.165, 1.54) is 54.9 Å². The average Bonchev–Trinajstić information content (AvgIpc) is 3.95. The normalized spacial score (nSPS) is 19.7. The molecule has 14 nitrogen and oxygen atoms in total. The number of alkyl carbamates (subject to hydrolysis) is 2. The van der Waals surface area contributed by atoms with Gasteiger partial charge in [0.25, 0.3) is 0 Å². The predicted molar refractivity (Wildman–Crippen MR) is 239 cm³/mol.